The van der Waals surface area contributed by atoms with E-state index in [9.17, 15) is 9.90 Å². The Balaban J connectivity index is 2.18. The van der Waals surface area contributed by atoms with Gasteiger partial charge in [0.1, 0.15) is 5.75 Å². The Kier molecular flexibility index (Phi) is 4.25. The summed E-state index contributed by atoms with van der Waals surface area (Å²) >= 11 is 0. The number of carbonyl (C=O) groups excluding carboxylic acids is 1. The zero-order valence-corrected chi connectivity index (χ0v) is 11.5. The summed E-state index contributed by atoms with van der Waals surface area (Å²) in [4.78, 5) is 11.6. The molecule has 0 aliphatic rings. The van der Waals surface area contributed by atoms with Crippen LogP contribution in [0.5, 0.6) is 5.75 Å². The van der Waals surface area contributed by atoms with Gasteiger partial charge < -0.3 is 15.2 Å². The Labute approximate surface area is 118 Å². The first-order valence-corrected chi connectivity index (χ1v) is 6.32. The number of methoxy groups -OCH3 is 1. The molecular formula is C16H17NO3. The molecule has 0 bridgehead atoms. The first kappa shape index (κ1) is 13.9. The van der Waals surface area contributed by atoms with E-state index in [4.69, 9.17) is 4.74 Å². The molecule has 0 heterocycles. The number of ether oxygens (including phenoxy) is 1. The lowest BCUT2D eigenvalue weighted by Crippen LogP contribution is -2.07. The van der Waals surface area contributed by atoms with Gasteiger partial charge in [0.15, 0.2) is 0 Å². The molecule has 0 aliphatic heterocycles. The average molecular weight is 271 g/mol. The van der Waals surface area contributed by atoms with E-state index in [-0.39, 0.29) is 11.7 Å². The predicted octanol–water partition coefficient (Wildman–Crippen LogP) is 3.10. The van der Waals surface area contributed by atoms with Crippen LogP contribution in [0.4, 0.5) is 5.69 Å². The number of phenols is 1. The normalized spacial score (nSPS) is 10.1. The summed E-state index contributed by atoms with van der Waals surface area (Å²) in [5.74, 6) is -0.101. The summed E-state index contributed by atoms with van der Waals surface area (Å²) in [7, 11) is 1.36. The van der Waals surface area contributed by atoms with Crippen LogP contribution in [0.15, 0.2) is 42.5 Å². The fourth-order valence-electron chi connectivity index (χ4n) is 2.01. The van der Waals surface area contributed by atoms with Crippen LogP contribution in [-0.4, -0.2) is 18.2 Å². The molecule has 0 aromatic heterocycles. The molecule has 2 N–H and O–H groups in total. The molecule has 0 atom stereocenters. The number of benzene rings is 2. The summed E-state index contributed by atoms with van der Waals surface area (Å²) in [6.07, 6.45) is 0. The van der Waals surface area contributed by atoms with Crippen molar-refractivity contribution in [3.05, 3.63) is 59.2 Å². The molecule has 2 rings (SSSR count). The van der Waals surface area contributed by atoms with Gasteiger partial charge in [0.2, 0.25) is 0 Å². The molecule has 104 valence electrons. The number of phenolic OH excluding ortho intramolecular Hbond substituents is 1. The Morgan fingerprint density at radius 2 is 1.95 bits per heavy atom. The van der Waals surface area contributed by atoms with Crippen molar-refractivity contribution in [1.29, 1.82) is 0 Å². The smallest absolute Gasteiger partial charge is 0.338 e. The second-order valence-electron chi connectivity index (χ2n) is 4.45. The summed E-state index contributed by atoms with van der Waals surface area (Å²) in [6, 6.07) is 12.6. The van der Waals surface area contributed by atoms with E-state index in [1.165, 1.54) is 7.11 Å². The van der Waals surface area contributed by atoms with Gasteiger partial charge in [0, 0.05) is 17.8 Å². The SMILES string of the molecule is COC(=O)c1cccc(NCc2ccccc2O)c1C. The number of aromatic hydroxyl groups is 1. The lowest BCUT2D eigenvalue weighted by molar-refractivity contribution is 0.0600. The number of carbonyl (C=O) groups is 1. The van der Waals surface area contributed by atoms with Gasteiger partial charge >= 0.3 is 5.97 Å². The standard InChI is InChI=1S/C16H17NO3/c1-11-13(16(19)20-2)7-5-8-14(11)17-10-12-6-3-4-9-15(12)18/h3-9,17-18H,10H2,1-2H3. The number of esters is 1. The summed E-state index contributed by atoms with van der Waals surface area (Å²) in [6.45, 7) is 2.34. The first-order chi connectivity index (χ1) is 9.63. The van der Waals surface area contributed by atoms with E-state index in [2.05, 4.69) is 5.32 Å². The van der Waals surface area contributed by atoms with Crippen LogP contribution >= 0.6 is 0 Å². The predicted molar refractivity (Wildman–Crippen MR) is 78.0 cm³/mol. The number of anilines is 1. The molecule has 2 aromatic rings. The van der Waals surface area contributed by atoms with Crippen LogP contribution in [-0.2, 0) is 11.3 Å². The molecule has 0 unspecified atom stereocenters. The minimum absolute atomic E-state index is 0.252. The summed E-state index contributed by atoms with van der Waals surface area (Å²) in [5, 5.41) is 12.9. The zero-order chi connectivity index (χ0) is 14.5. The van der Waals surface area contributed by atoms with Crippen molar-refractivity contribution in [3.8, 4) is 5.75 Å². The molecule has 0 saturated heterocycles. The van der Waals surface area contributed by atoms with Crippen LogP contribution in [0.1, 0.15) is 21.5 Å². The lowest BCUT2D eigenvalue weighted by Gasteiger charge is -2.13. The second kappa shape index (κ2) is 6.10. The molecule has 0 aliphatic carbocycles. The number of hydrogen-bond acceptors (Lipinski definition) is 4. The molecular weight excluding hydrogens is 254 g/mol. The monoisotopic (exact) mass is 271 g/mol. The van der Waals surface area contributed by atoms with E-state index >= 15 is 0 Å². The maximum absolute atomic E-state index is 11.6. The van der Waals surface area contributed by atoms with Crippen molar-refractivity contribution in [2.24, 2.45) is 0 Å². The van der Waals surface area contributed by atoms with Crippen LogP contribution in [0.2, 0.25) is 0 Å². The van der Waals surface area contributed by atoms with E-state index in [0.29, 0.717) is 12.1 Å². The van der Waals surface area contributed by atoms with Crippen molar-refractivity contribution < 1.29 is 14.6 Å². The van der Waals surface area contributed by atoms with Gasteiger partial charge in [-0.05, 0) is 30.7 Å². The number of para-hydroxylation sites is 1. The number of rotatable bonds is 4. The number of nitrogens with one attached hydrogen (secondary N) is 1. The van der Waals surface area contributed by atoms with Gasteiger partial charge in [0.25, 0.3) is 0 Å². The minimum Gasteiger partial charge on any atom is -0.508 e. The highest BCUT2D eigenvalue weighted by Gasteiger charge is 2.11. The molecule has 0 radical (unpaired) electrons. The van der Waals surface area contributed by atoms with Crippen molar-refractivity contribution in [1.82, 2.24) is 0 Å². The average Bonchev–Trinajstić information content (AvgIpc) is 2.47. The van der Waals surface area contributed by atoms with E-state index in [0.717, 1.165) is 16.8 Å². The second-order valence-corrected chi connectivity index (χ2v) is 4.45. The molecule has 0 fully saturated rings. The van der Waals surface area contributed by atoms with E-state index < -0.39 is 0 Å². The third-order valence-corrected chi connectivity index (χ3v) is 3.20. The topological polar surface area (TPSA) is 58.6 Å². The van der Waals surface area contributed by atoms with Crippen molar-refractivity contribution in [3.63, 3.8) is 0 Å². The molecule has 2 aromatic carbocycles. The highest BCUT2D eigenvalue weighted by molar-refractivity contribution is 5.92. The molecule has 0 saturated carbocycles. The molecule has 0 spiro atoms. The fourth-order valence-corrected chi connectivity index (χ4v) is 2.01. The Hall–Kier alpha value is -2.49. The lowest BCUT2D eigenvalue weighted by atomic mass is 10.1. The quantitative estimate of drug-likeness (QED) is 0.839. The maximum atomic E-state index is 11.6. The van der Waals surface area contributed by atoms with Crippen LogP contribution in [0, 0.1) is 6.92 Å². The molecule has 20 heavy (non-hydrogen) atoms. The highest BCUT2D eigenvalue weighted by atomic mass is 16.5. The fraction of sp³-hybridized carbons (Fsp3) is 0.188. The van der Waals surface area contributed by atoms with Crippen LogP contribution in [0.3, 0.4) is 0 Å². The Morgan fingerprint density at radius 1 is 1.20 bits per heavy atom. The van der Waals surface area contributed by atoms with Gasteiger partial charge in [-0.1, -0.05) is 24.3 Å². The summed E-state index contributed by atoms with van der Waals surface area (Å²) < 4.78 is 4.75. The van der Waals surface area contributed by atoms with Gasteiger partial charge in [-0.25, -0.2) is 4.79 Å². The van der Waals surface area contributed by atoms with E-state index in [1.54, 1.807) is 24.3 Å². The minimum atomic E-state index is -0.353. The Bertz CT molecular complexity index is 623. The van der Waals surface area contributed by atoms with Crippen molar-refractivity contribution in [2.45, 2.75) is 13.5 Å². The number of hydrogen-bond donors (Lipinski definition) is 2. The van der Waals surface area contributed by atoms with Gasteiger partial charge in [-0.2, -0.15) is 0 Å². The third-order valence-electron chi connectivity index (χ3n) is 3.20. The largest absolute Gasteiger partial charge is 0.508 e. The molecule has 0 amide bonds. The molecule has 4 nitrogen and oxygen atoms in total. The van der Waals surface area contributed by atoms with Gasteiger partial charge in [-0.3, -0.25) is 0 Å². The van der Waals surface area contributed by atoms with Gasteiger partial charge in [0.05, 0.1) is 12.7 Å². The van der Waals surface area contributed by atoms with Crippen molar-refractivity contribution in [2.75, 3.05) is 12.4 Å². The summed E-state index contributed by atoms with van der Waals surface area (Å²) in [5.41, 5.74) is 3.01. The highest BCUT2D eigenvalue weighted by Crippen LogP contribution is 2.22. The third kappa shape index (κ3) is 2.91. The van der Waals surface area contributed by atoms with Crippen LogP contribution in [0.25, 0.3) is 0 Å². The van der Waals surface area contributed by atoms with Crippen LogP contribution < -0.4 is 5.32 Å². The van der Waals surface area contributed by atoms with E-state index in [1.807, 2.05) is 25.1 Å². The Morgan fingerprint density at radius 3 is 2.65 bits per heavy atom. The zero-order valence-electron chi connectivity index (χ0n) is 11.5. The first-order valence-electron chi connectivity index (χ1n) is 6.32. The van der Waals surface area contributed by atoms with Crippen molar-refractivity contribution >= 4 is 11.7 Å². The maximum Gasteiger partial charge on any atom is 0.338 e. The van der Waals surface area contributed by atoms with Gasteiger partial charge in [-0.15, -0.1) is 0 Å². The molecule has 4 heteroatoms.